The zero-order chi connectivity index (χ0) is 16.0. The Kier molecular flexibility index (Phi) is 7.30. The molecule has 1 rings (SSSR count). The van der Waals surface area contributed by atoms with E-state index in [1.54, 1.807) is 6.92 Å². The lowest BCUT2D eigenvalue weighted by molar-refractivity contribution is -0.124. The molecule has 0 fully saturated rings. The molecule has 2 atom stereocenters. The molecular weight excluding hydrogens is 328 g/mol. The van der Waals surface area contributed by atoms with Gasteiger partial charge >= 0.3 is 0 Å². The Balaban J connectivity index is 2.59. The highest BCUT2D eigenvalue weighted by atomic mass is 79.9. The second kappa shape index (κ2) is 8.47. The number of benzene rings is 1. The van der Waals surface area contributed by atoms with Crippen LogP contribution >= 0.6 is 15.9 Å². The number of ketones is 2. The molecule has 0 bridgehead atoms. The highest BCUT2D eigenvalue weighted by molar-refractivity contribution is 9.10. The third-order valence-corrected chi connectivity index (χ3v) is 4.33. The average molecular weight is 353 g/mol. The van der Waals surface area contributed by atoms with Crippen LogP contribution in [0.15, 0.2) is 28.7 Å². The van der Waals surface area contributed by atoms with Gasteiger partial charge in [-0.1, -0.05) is 48.8 Å². The number of hydrogen-bond donors (Lipinski definition) is 0. The van der Waals surface area contributed by atoms with Gasteiger partial charge in [-0.25, -0.2) is 0 Å². The van der Waals surface area contributed by atoms with Gasteiger partial charge in [0.1, 0.15) is 11.6 Å². The van der Waals surface area contributed by atoms with Gasteiger partial charge in [-0.15, -0.1) is 0 Å². The van der Waals surface area contributed by atoms with Gasteiger partial charge in [-0.2, -0.15) is 0 Å². The lowest BCUT2D eigenvalue weighted by Gasteiger charge is -2.22. The monoisotopic (exact) mass is 352 g/mol. The molecule has 2 nitrogen and oxygen atoms in total. The number of carbonyl (C=O) groups excluding carboxylic acids is 2. The Morgan fingerprint density at radius 2 is 1.67 bits per heavy atom. The minimum Gasteiger partial charge on any atom is -0.300 e. The van der Waals surface area contributed by atoms with Crippen molar-refractivity contribution in [3.8, 4) is 0 Å². The molecule has 0 saturated carbocycles. The highest BCUT2D eigenvalue weighted by Crippen LogP contribution is 2.25. The second-order valence-corrected chi connectivity index (χ2v) is 7.29. The molecule has 0 aliphatic rings. The van der Waals surface area contributed by atoms with Crippen molar-refractivity contribution in [3.05, 3.63) is 34.3 Å². The Morgan fingerprint density at radius 3 is 2.14 bits per heavy atom. The van der Waals surface area contributed by atoms with Crippen LogP contribution in [0.4, 0.5) is 0 Å². The maximum Gasteiger partial charge on any atom is 0.137 e. The SMILES string of the molecule is CC(=O)[C@H](CC(C)C)[C@@H](C)CC(=O)Cc1ccc(Br)cc1. The van der Waals surface area contributed by atoms with E-state index in [9.17, 15) is 9.59 Å². The molecule has 21 heavy (non-hydrogen) atoms. The van der Waals surface area contributed by atoms with Gasteiger partial charge in [0.25, 0.3) is 0 Å². The van der Waals surface area contributed by atoms with Crippen molar-refractivity contribution >= 4 is 27.5 Å². The summed E-state index contributed by atoms with van der Waals surface area (Å²) in [6.07, 6.45) is 1.79. The predicted molar refractivity (Wildman–Crippen MR) is 90.3 cm³/mol. The molecule has 0 aliphatic heterocycles. The van der Waals surface area contributed by atoms with Crippen LogP contribution in [0.5, 0.6) is 0 Å². The number of halogens is 1. The Hall–Kier alpha value is -0.960. The lowest BCUT2D eigenvalue weighted by Crippen LogP contribution is -2.24. The first-order chi connectivity index (χ1) is 9.79. The third-order valence-electron chi connectivity index (χ3n) is 3.80. The fourth-order valence-corrected chi connectivity index (χ4v) is 2.97. The fraction of sp³-hybridized carbons (Fsp3) is 0.556. The van der Waals surface area contributed by atoms with Gasteiger partial charge in [0.15, 0.2) is 0 Å². The van der Waals surface area contributed by atoms with E-state index in [2.05, 4.69) is 29.8 Å². The van der Waals surface area contributed by atoms with E-state index in [0.29, 0.717) is 18.8 Å². The van der Waals surface area contributed by atoms with E-state index < -0.39 is 0 Å². The number of carbonyl (C=O) groups is 2. The summed E-state index contributed by atoms with van der Waals surface area (Å²) in [7, 11) is 0. The second-order valence-electron chi connectivity index (χ2n) is 6.37. The van der Waals surface area contributed by atoms with Gasteiger partial charge in [0.2, 0.25) is 0 Å². The largest absolute Gasteiger partial charge is 0.300 e. The summed E-state index contributed by atoms with van der Waals surface area (Å²) in [5.41, 5.74) is 1.03. The number of Topliss-reactive ketones (excluding diaryl/α,β-unsaturated/α-hetero) is 2. The maximum atomic E-state index is 12.2. The van der Waals surface area contributed by atoms with Crippen molar-refractivity contribution in [1.29, 1.82) is 0 Å². The molecule has 0 amide bonds. The molecule has 3 heteroatoms. The summed E-state index contributed by atoms with van der Waals surface area (Å²) in [6.45, 7) is 7.90. The van der Waals surface area contributed by atoms with Crippen molar-refractivity contribution in [2.75, 3.05) is 0 Å². The Labute approximate surface area is 136 Å². The third kappa shape index (κ3) is 6.56. The van der Waals surface area contributed by atoms with Gasteiger partial charge in [-0.05, 0) is 42.9 Å². The van der Waals surface area contributed by atoms with Crippen LogP contribution in [0, 0.1) is 17.8 Å². The van der Waals surface area contributed by atoms with E-state index >= 15 is 0 Å². The summed E-state index contributed by atoms with van der Waals surface area (Å²) in [6, 6.07) is 7.82. The van der Waals surface area contributed by atoms with Crippen LogP contribution in [0.25, 0.3) is 0 Å². The molecule has 0 unspecified atom stereocenters. The molecule has 1 aromatic carbocycles. The molecule has 1 aromatic rings. The van der Waals surface area contributed by atoms with Crippen molar-refractivity contribution in [3.63, 3.8) is 0 Å². The van der Waals surface area contributed by atoms with Crippen LogP contribution in [-0.4, -0.2) is 11.6 Å². The van der Waals surface area contributed by atoms with E-state index in [-0.39, 0.29) is 23.4 Å². The molecule has 0 aromatic heterocycles. The molecule has 0 saturated heterocycles. The molecule has 0 heterocycles. The fourth-order valence-electron chi connectivity index (χ4n) is 2.71. The maximum absolute atomic E-state index is 12.2. The van der Waals surface area contributed by atoms with Gasteiger partial charge in [0, 0.05) is 23.2 Å². The molecule has 0 spiro atoms. The minimum atomic E-state index is -0.00105. The normalized spacial score (nSPS) is 14.0. The predicted octanol–water partition coefficient (Wildman–Crippen LogP) is 4.84. The topological polar surface area (TPSA) is 34.1 Å². The van der Waals surface area contributed by atoms with Gasteiger partial charge in [0.05, 0.1) is 0 Å². The molecule has 0 N–H and O–H groups in total. The first-order valence-corrected chi connectivity index (χ1v) is 8.35. The highest BCUT2D eigenvalue weighted by Gasteiger charge is 2.24. The van der Waals surface area contributed by atoms with Crippen LogP contribution < -0.4 is 0 Å². The summed E-state index contributed by atoms with van der Waals surface area (Å²) in [4.78, 5) is 24.0. The Morgan fingerprint density at radius 1 is 1.10 bits per heavy atom. The molecule has 0 radical (unpaired) electrons. The van der Waals surface area contributed by atoms with Crippen molar-refractivity contribution in [1.82, 2.24) is 0 Å². The minimum absolute atomic E-state index is 0.00105. The summed E-state index contributed by atoms with van der Waals surface area (Å²) >= 11 is 3.39. The quantitative estimate of drug-likeness (QED) is 0.670. The summed E-state index contributed by atoms with van der Waals surface area (Å²) in [5.74, 6) is 1.00. The van der Waals surface area contributed by atoms with Crippen molar-refractivity contribution in [2.24, 2.45) is 17.8 Å². The lowest BCUT2D eigenvalue weighted by atomic mass is 9.81. The van der Waals surface area contributed by atoms with E-state index in [4.69, 9.17) is 0 Å². The van der Waals surface area contributed by atoms with Crippen LogP contribution in [0.1, 0.15) is 46.1 Å². The van der Waals surface area contributed by atoms with Crippen LogP contribution in [-0.2, 0) is 16.0 Å². The van der Waals surface area contributed by atoms with E-state index in [1.807, 2.05) is 31.2 Å². The number of rotatable bonds is 8. The first kappa shape index (κ1) is 18.1. The zero-order valence-corrected chi connectivity index (χ0v) is 14.9. The Bertz CT molecular complexity index is 476. The van der Waals surface area contributed by atoms with Gasteiger partial charge < -0.3 is 0 Å². The first-order valence-electron chi connectivity index (χ1n) is 7.56. The van der Waals surface area contributed by atoms with Crippen molar-refractivity contribution in [2.45, 2.75) is 47.0 Å². The van der Waals surface area contributed by atoms with Crippen LogP contribution in [0.3, 0.4) is 0 Å². The van der Waals surface area contributed by atoms with Gasteiger partial charge in [-0.3, -0.25) is 9.59 Å². The standard InChI is InChI=1S/C18H25BrO2/c1-12(2)9-18(14(4)20)13(3)10-17(21)11-15-5-7-16(19)8-6-15/h5-8,12-13,18H,9-11H2,1-4H3/t13-,18+/m0/s1. The van der Waals surface area contributed by atoms with E-state index in [1.165, 1.54) is 0 Å². The summed E-state index contributed by atoms with van der Waals surface area (Å²) in [5, 5.41) is 0. The van der Waals surface area contributed by atoms with Crippen LogP contribution in [0.2, 0.25) is 0 Å². The molecular formula is C18H25BrO2. The van der Waals surface area contributed by atoms with E-state index in [0.717, 1.165) is 16.5 Å². The smallest absolute Gasteiger partial charge is 0.137 e. The number of hydrogen-bond acceptors (Lipinski definition) is 2. The average Bonchev–Trinajstić information content (AvgIpc) is 2.38. The summed E-state index contributed by atoms with van der Waals surface area (Å²) < 4.78 is 1.01. The zero-order valence-electron chi connectivity index (χ0n) is 13.4. The van der Waals surface area contributed by atoms with Crippen molar-refractivity contribution < 1.29 is 9.59 Å². The molecule has 0 aliphatic carbocycles. The molecule has 116 valence electrons.